The molecule has 0 saturated carbocycles. The number of hydrogen-bond acceptors (Lipinski definition) is 3. The van der Waals surface area contributed by atoms with Crippen LogP contribution < -0.4 is 5.73 Å². The first-order valence-electron chi connectivity index (χ1n) is 5.58. The molecule has 90 valence electrons. The lowest BCUT2D eigenvalue weighted by Crippen LogP contribution is -2.18. The third kappa shape index (κ3) is 3.29. The zero-order chi connectivity index (χ0) is 12.9. The van der Waals surface area contributed by atoms with E-state index in [1.807, 2.05) is 27.7 Å². The van der Waals surface area contributed by atoms with Gasteiger partial charge in [0.2, 0.25) is 5.82 Å². The van der Waals surface area contributed by atoms with Crippen LogP contribution in [0.4, 0.5) is 0 Å². The van der Waals surface area contributed by atoms with Gasteiger partial charge in [0.25, 0.3) is 5.91 Å². The maximum Gasteiger partial charge on any atom is 0.286 e. The van der Waals surface area contributed by atoms with Gasteiger partial charge in [-0.3, -0.25) is 4.79 Å². The molecule has 1 rings (SSSR count). The molecule has 1 aromatic heterocycles. The summed E-state index contributed by atoms with van der Waals surface area (Å²) in [5, 5.41) is 0. The Morgan fingerprint density at radius 1 is 1.12 bits per heavy atom. The van der Waals surface area contributed by atoms with Gasteiger partial charge in [-0.2, -0.15) is 0 Å². The molecule has 0 aliphatic heterocycles. The Kier molecular flexibility index (Phi) is 5.64. The zero-order valence-electron chi connectivity index (χ0n) is 11.0. The van der Waals surface area contributed by atoms with Crippen LogP contribution in [0.2, 0.25) is 0 Å². The number of nitrogens with zero attached hydrogens (tertiary/aromatic N) is 2. The van der Waals surface area contributed by atoms with E-state index in [4.69, 9.17) is 5.73 Å². The van der Waals surface area contributed by atoms with Crippen molar-refractivity contribution in [3.05, 3.63) is 22.8 Å². The van der Waals surface area contributed by atoms with Crippen LogP contribution in [0.3, 0.4) is 0 Å². The van der Waals surface area contributed by atoms with Gasteiger partial charge in [-0.25, -0.2) is 9.97 Å². The Hall–Kier alpha value is -1.45. The number of aryl methyl sites for hydroxylation is 2. The Morgan fingerprint density at radius 3 is 1.75 bits per heavy atom. The minimum atomic E-state index is -0.577. The first-order chi connectivity index (χ1) is 7.43. The highest BCUT2D eigenvalue weighted by Crippen LogP contribution is 2.20. The van der Waals surface area contributed by atoms with Crippen molar-refractivity contribution >= 4 is 5.91 Å². The van der Waals surface area contributed by atoms with Gasteiger partial charge in [0.15, 0.2) is 0 Å². The third-order valence-electron chi connectivity index (χ3n) is 2.12. The number of primary amides is 1. The van der Waals surface area contributed by atoms with Crippen LogP contribution in [0.15, 0.2) is 0 Å². The summed E-state index contributed by atoms with van der Waals surface area (Å²) in [6, 6.07) is 0. The molecule has 0 aliphatic carbocycles. The van der Waals surface area contributed by atoms with Crippen LogP contribution in [0.25, 0.3) is 0 Å². The van der Waals surface area contributed by atoms with E-state index in [0.29, 0.717) is 5.92 Å². The van der Waals surface area contributed by atoms with Crippen molar-refractivity contribution in [3.8, 4) is 0 Å². The predicted octanol–water partition coefficient (Wildman–Crippen LogP) is 2.34. The van der Waals surface area contributed by atoms with Gasteiger partial charge < -0.3 is 5.73 Å². The fraction of sp³-hybridized carbons (Fsp3) is 0.583. The molecule has 0 aliphatic rings. The largest absolute Gasteiger partial charge is 0.363 e. The molecular formula is C12H21N3O. The van der Waals surface area contributed by atoms with E-state index in [0.717, 1.165) is 17.0 Å². The average Bonchev–Trinajstić information content (AvgIpc) is 2.18. The smallest absolute Gasteiger partial charge is 0.286 e. The molecule has 0 bridgehead atoms. The number of carbonyl (C=O) groups is 1. The number of aromatic nitrogens is 2. The second-order valence-corrected chi connectivity index (χ2v) is 3.65. The van der Waals surface area contributed by atoms with Crippen molar-refractivity contribution in [2.24, 2.45) is 5.73 Å². The molecule has 0 unspecified atom stereocenters. The summed E-state index contributed by atoms with van der Waals surface area (Å²) in [5.41, 5.74) is 7.88. The van der Waals surface area contributed by atoms with E-state index in [1.54, 1.807) is 0 Å². The lowest BCUT2D eigenvalue weighted by molar-refractivity contribution is 0.0990. The van der Waals surface area contributed by atoms with Gasteiger partial charge in [0, 0.05) is 11.4 Å². The molecule has 4 nitrogen and oxygen atoms in total. The third-order valence-corrected chi connectivity index (χ3v) is 2.12. The lowest BCUT2D eigenvalue weighted by Gasteiger charge is -2.12. The van der Waals surface area contributed by atoms with Gasteiger partial charge in [0.05, 0.1) is 0 Å². The second kappa shape index (κ2) is 6.20. The molecule has 0 aromatic carbocycles. The maximum atomic E-state index is 10.9. The molecule has 0 atom stereocenters. The Labute approximate surface area is 97.3 Å². The van der Waals surface area contributed by atoms with Crippen molar-refractivity contribution in [3.63, 3.8) is 0 Å². The lowest BCUT2D eigenvalue weighted by atomic mass is 10.0. The summed E-state index contributed by atoms with van der Waals surface area (Å²) in [6.45, 7) is 11.9. The summed E-state index contributed by atoms with van der Waals surface area (Å²) in [4.78, 5) is 19.0. The fourth-order valence-electron chi connectivity index (χ4n) is 1.67. The quantitative estimate of drug-likeness (QED) is 0.836. The van der Waals surface area contributed by atoms with Crippen LogP contribution in [0, 0.1) is 13.8 Å². The van der Waals surface area contributed by atoms with E-state index < -0.39 is 5.91 Å². The molecule has 4 heteroatoms. The summed E-state index contributed by atoms with van der Waals surface area (Å²) >= 11 is 0. The van der Waals surface area contributed by atoms with Gasteiger partial charge in [-0.05, 0) is 25.3 Å². The number of carbonyl (C=O) groups excluding carboxylic acids is 1. The molecule has 0 fully saturated rings. The Bertz CT molecular complexity index is 350. The monoisotopic (exact) mass is 223 g/mol. The molecular weight excluding hydrogens is 202 g/mol. The minimum absolute atomic E-state index is 0.101. The fourth-order valence-corrected chi connectivity index (χ4v) is 1.67. The number of hydrogen-bond donors (Lipinski definition) is 1. The summed E-state index contributed by atoms with van der Waals surface area (Å²) in [5.74, 6) is -0.118. The molecule has 2 N–H and O–H groups in total. The number of rotatable bonds is 2. The predicted molar refractivity (Wildman–Crippen MR) is 65.5 cm³/mol. The SMILES string of the molecule is CC.Cc1nc(C(N)=O)nc(C)c1C(C)C. The highest BCUT2D eigenvalue weighted by atomic mass is 16.1. The summed E-state index contributed by atoms with van der Waals surface area (Å²) in [7, 11) is 0. The van der Waals surface area contributed by atoms with Crippen molar-refractivity contribution in [1.29, 1.82) is 0 Å². The molecule has 1 amide bonds. The zero-order valence-corrected chi connectivity index (χ0v) is 11.0. The van der Waals surface area contributed by atoms with Crippen LogP contribution in [0.1, 0.15) is 61.2 Å². The molecule has 0 saturated heterocycles. The molecule has 16 heavy (non-hydrogen) atoms. The maximum absolute atomic E-state index is 10.9. The van der Waals surface area contributed by atoms with E-state index in [2.05, 4.69) is 23.8 Å². The van der Waals surface area contributed by atoms with E-state index in [9.17, 15) is 4.79 Å². The first kappa shape index (κ1) is 14.6. The topological polar surface area (TPSA) is 68.9 Å². The van der Waals surface area contributed by atoms with Crippen molar-refractivity contribution < 1.29 is 4.79 Å². The minimum Gasteiger partial charge on any atom is -0.363 e. The van der Waals surface area contributed by atoms with Crippen LogP contribution in [-0.4, -0.2) is 15.9 Å². The number of nitrogens with two attached hydrogens (primary N) is 1. The van der Waals surface area contributed by atoms with Crippen LogP contribution in [-0.2, 0) is 0 Å². The van der Waals surface area contributed by atoms with Crippen molar-refractivity contribution in [2.45, 2.75) is 47.5 Å². The average molecular weight is 223 g/mol. The van der Waals surface area contributed by atoms with Crippen molar-refractivity contribution in [2.75, 3.05) is 0 Å². The van der Waals surface area contributed by atoms with Gasteiger partial charge in [0.1, 0.15) is 0 Å². The van der Waals surface area contributed by atoms with Gasteiger partial charge in [-0.1, -0.05) is 27.7 Å². The summed E-state index contributed by atoms with van der Waals surface area (Å²) < 4.78 is 0. The highest BCUT2D eigenvalue weighted by molar-refractivity contribution is 5.88. The molecule has 1 heterocycles. The van der Waals surface area contributed by atoms with Crippen molar-refractivity contribution in [1.82, 2.24) is 9.97 Å². The number of amides is 1. The van der Waals surface area contributed by atoms with E-state index in [1.165, 1.54) is 0 Å². The molecule has 0 spiro atoms. The first-order valence-corrected chi connectivity index (χ1v) is 5.58. The Morgan fingerprint density at radius 2 is 1.50 bits per heavy atom. The van der Waals surface area contributed by atoms with Crippen LogP contribution >= 0.6 is 0 Å². The van der Waals surface area contributed by atoms with Gasteiger partial charge >= 0.3 is 0 Å². The van der Waals surface area contributed by atoms with E-state index >= 15 is 0 Å². The highest BCUT2D eigenvalue weighted by Gasteiger charge is 2.13. The second-order valence-electron chi connectivity index (χ2n) is 3.65. The van der Waals surface area contributed by atoms with Gasteiger partial charge in [-0.15, -0.1) is 0 Å². The van der Waals surface area contributed by atoms with Crippen LogP contribution in [0.5, 0.6) is 0 Å². The van der Waals surface area contributed by atoms with E-state index in [-0.39, 0.29) is 5.82 Å². The molecule has 0 radical (unpaired) electrons. The summed E-state index contributed by atoms with van der Waals surface area (Å²) in [6.07, 6.45) is 0. The normalized spacial score (nSPS) is 9.69. The molecule has 1 aromatic rings. The standard InChI is InChI=1S/C10H15N3O.C2H6/c1-5(2)8-6(3)12-10(9(11)14)13-7(8)4;1-2/h5H,1-4H3,(H2,11,14);1-2H3. The Balaban J connectivity index is 0.00000106.